The average molecular weight is 304 g/mol. The van der Waals surface area contributed by atoms with Crippen molar-refractivity contribution < 1.29 is 4.79 Å². The number of amides is 2. The van der Waals surface area contributed by atoms with Crippen LogP contribution in [0.1, 0.15) is 41.7 Å². The summed E-state index contributed by atoms with van der Waals surface area (Å²) in [4.78, 5) is 15.5. The summed E-state index contributed by atoms with van der Waals surface area (Å²) < 4.78 is 0. The SMILES string of the molecule is N#Cc1c(NC(=O)N2CCCCCC2)sc2c1CCNC2. The largest absolute Gasteiger partial charge is 0.325 e. The van der Waals surface area contributed by atoms with Crippen molar-refractivity contribution in [2.24, 2.45) is 0 Å². The lowest BCUT2D eigenvalue weighted by Crippen LogP contribution is -2.35. The van der Waals surface area contributed by atoms with Crippen LogP contribution < -0.4 is 10.6 Å². The highest BCUT2D eigenvalue weighted by Gasteiger charge is 2.23. The second kappa shape index (κ2) is 6.46. The van der Waals surface area contributed by atoms with E-state index in [2.05, 4.69) is 16.7 Å². The number of carbonyl (C=O) groups is 1. The van der Waals surface area contributed by atoms with Crippen molar-refractivity contribution in [3.8, 4) is 6.07 Å². The second-order valence-corrected chi connectivity index (χ2v) is 6.68. The van der Waals surface area contributed by atoms with E-state index in [0.717, 1.165) is 56.0 Å². The van der Waals surface area contributed by atoms with E-state index in [0.29, 0.717) is 5.56 Å². The molecule has 0 bridgehead atoms. The van der Waals surface area contributed by atoms with Gasteiger partial charge >= 0.3 is 6.03 Å². The predicted octanol–water partition coefficient (Wildman–Crippen LogP) is 2.67. The molecule has 0 aromatic carbocycles. The first-order valence-electron chi connectivity index (χ1n) is 7.61. The molecule has 6 heteroatoms. The topological polar surface area (TPSA) is 68.2 Å². The maximum atomic E-state index is 12.4. The van der Waals surface area contributed by atoms with E-state index in [9.17, 15) is 10.1 Å². The summed E-state index contributed by atoms with van der Waals surface area (Å²) in [6.45, 7) is 3.34. The highest BCUT2D eigenvalue weighted by Crippen LogP contribution is 2.35. The van der Waals surface area contributed by atoms with Gasteiger partial charge in [0.05, 0.1) is 5.56 Å². The Balaban J connectivity index is 1.76. The van der Waals surface area contributed by atoms with Crippen LogP contribution in [0.4, 0.5) is 9.80 Å². The van der Waals surface area contributed by atoms with Gasteiger partial charge in [0.2, 0.25) is 0 Å². The fraction of sp³-hybridized carbons (Fsp3) is 0.600. The minimum absolute atomic E-state index is 0.0556. The van der Waals surface area contributed by atoms with Gasteiger partial charge in [-0.1, -0.05) is 12.8 Å². The number of anilines is 1. The molecule has 2 aliphatic rings. The second-order valence-electron chi connectivity index (χ2n) is 5.58. The predicted molar refractivity (Wildman–Crippen MR) is 83.5 cm³/mol. The van der Waals surface area contributed by atoms with E-state index in [1.54, 1.807) is 11.3 Å². The third-order valence-corrected chi connectivity index (χ3v) is 5.30. The highest BCUT2D eigenvalue weighted by molar-refractivity contribution is 7.16. The Labute approximate surface area is 128 Å². The molecular formula is C15H20N4OS. The van der Waals surface area contributed by atoms with Crippen LogP contribution in [0.5, 0.6) is 0 Å². The first-order valence-corrected chi connectivity index (χ1v) is 8.42. The normalized spacial score (nSPS) is 18.5. The summed E-state index contributed by atoms with van der Waals surface area (Å²) in [6.07, 6.45) is 5.42. The molecule has 0 radical (unpaired) electrons. The number of hydrogen-bond acceptors (Lipinski definition) is 4. The van der Waals surface area contributed by atoms with Crippen LogP contribution in [-0.2, 0) is 13.0 Å². The fourth-order valence-corrected chi connectivity index (χ4v) is 4.15. The van der Waals surface area contributed by atoms with Crippen LogP contribution in [0.3, 0.4) is 0 Å². The summed E-state index contributed by atoms with van der Waals surface area (Å²) in [5.74, 6) is 0. The monoisotopic (exact) mass is 304 g/mol. The van der Waals surface area contributed by atoms with E-state index in [4.69, 9.17) is 0 Å². The number of rotatable bonds is 1. The van der Waals surface area contributed by atoms with Crippen LogP contribution in [0.15, 0.2) is 0 Å². The van der Waals surface area contributed by atoms with Gasteiger partial charge in [-0.3, -0.25) is 5.32 Å². The van der Waals surface area contributed by atoms with Gasteiger partial charge in [-0.25, -0.2) is 4.79 Å². The molecule has 0 aliphatic carbocycles. The third-order valence-electron chi connectivity index (χ3n) is 4.15. The molecule has 1 saturated heterocycles. The molecule has 2 N–H and O–H groups in total. The maximum Gasteiger partial charge on any atom is 0.322 e. The number of likely N-dealkylation sites (tertiary alicyclic amines) is 1. The van der Waals surface area contributed by atoms with E-state index >= 15 is 0 Å². The summed E-state index contributed by atoms with van der Waals surface area (Å²) in [7, 11) is 0. The van der Waals surface area contributed by atoms with Gasteiger partial charge < -0.3 is 10.2 Å². The molecule has 5 nitrogen and oxygen atoms in total. The average Bonchev–Trinajstić information content (AvgIpc) is 2.67. The Morgan fingerprint density at radius 1 is 1.29 bits per heavy atom. The Morgan fingerprint density at radius 2 is 2.05 bits per heavy atom. The van der Waals surface area contributed by atoms with Gasteiger partial charge in [0.15, 0.2) is 0 Å². The number of nitrogens with one attached hydrogen (secondary N) is 2. The lowest BCUT2D eigenvalue weighted by atomic mass is 10.1. The quantitative estimate of drug-likeness (QED) is 0.838. The zero-order valence-electron chi connectivity index (χ0n) is 12.1. The number of fused-ring (bicyclic) bond motifs is 1. The van der Waals surface area contributed by atoms with E-state index in [1.165, 1.54) is 17.7 Å². The molecule has 2 amide bonds. The first-order chi connectivity index (χ1) is 10.3. The highest BCUT2D eigenvalue weighted by atomic mass is 32.1. The molecule has 3 rings (SSSR count). The minimum atomic E-state index is -0.0556. The lowest BCUT2D eigenvalue weighted by molar-refractivity contribution is 0.214. The van der Waals surface area contributed by atoms with Gasteiger partial charge in [-0.2, -0.15) is 5.26 Å². The zero-order valence-corrected chi connectivity index (χ0v) is 12.9. The molecule has 21 heavy (non-hydrogen) atoms. The number of carbonyl (C=O) groups excluding carboxylic acids is 1. The Hall–Kier alpha value is -1.58. The molecule has 0 atom stereocenters. The third kappa shape index (κ3) is 3.04. The van der Waals surface area contributed by atoms with Crippen LogP contribution >= 0.6 is 11.3 Å². The Kier molecular flexibility index (Phi) is 4.42. The molecule has 1 aromatic rings. The number of urea groups is 1. The summed E-state index contributed by atoms with van der Waals surface area (Å²) in [5, 5.41) is 16.4. The molecule has 2 aliphatic heterocycles. The smallest absolute Gasteiger partial charge is 0.322 e. The number of nitriles is 1. The van der Waals surface area contributed by atoms with Crippen LogP contribution in [-0.4, -0.2) is 30.6 Å². The summed E-state index contributed by atoms with van der Waals surface area (Å²) in [6, 6.07) is 2.22. The van der Waals surface area contributed by atoms with Crippen molar-refractivity contribution in [3.63, 3.8) is 0 Å². The minimum Gasteiger partial charge on any atom is -0.325 e. The molecular weight excluding hydrogens is 284 g/mol. The van der Waals surface area contributed by atoms with Gasteiger partial charge in [0, 0.05) is 24.5 Å². The fourth-order valence-electron chi connectivity index (χ4n) is 2.99. The van der Waals surface area contributed by atoms with Crippen LogP contribution in [0, 0.1) is 11.3 Å². The standard InChI is InChI=1S/C15H20N4OS/c16-9-12-11-5-6-17-10-13(11)21-14(12)18-15(20)19-7-3-1-2-4-8-19/h17H,1-8,10H2,(H,18,20). The van der Waals surface area contributed by atoms with Crippen molar-refractivity contribution in [2.75, 3.05) is 25.0 Å². The molecule has 1 fully saturated rings. The number of hydrogen-bond donors (Lipinski definition) is 2. The lowest BCUT2D eigenvalue weighted by Gasteiger charge is -2.20. The first kappa shape index (κ1) is 14.4. The molecule has 0 saturated carbocycles. The Bertz CT molecular complexity index is 567. The molecule has 3 heterocycles. The molecule has 112 valence electrons. The van der Waals surface area contributed by atoms with Crippen molar-refractivity contribution in [3.05, 3.63) is 16.0 Å². The van der Waals surface area contributed by atoms with E-state index in [-0.39, 0.29) is 6.03 Å². The van der Waals surface area contributed by atoms with E-state index in [1.807, 2.05) is 4.90 Å². The van der Waals surface area contributed by atoms with Crippen molar-refractivity contribution >= 4 is 22.4 Å². The van der Waals surface area contributed by atoms with Gasteiger partial charge in [0.1, 0.15) is 11.1 Å². The van der Waals surface area contributed by atoms with Crippen molar-refractivity contribution in [1.29, 1.82) is 5.26 Å². The van der Waals surface area contributed by atoms with Gasteiger partial charge in [-0.05, 0) is 31.4 Å². The number of nitrogens with zero attached hydrogens (tertiary/aromatic N) is 2. The summed E-state index contributed by atoms with van der Waals surface area (Å²) >= 11 is 1.54. The van der Waals surface area contributed by atoms with E-state index < -0.39 is 0 Å². The number of thiophene rings is 1. The maximum absolute atomic E-state index is 12.4. The van der Waals surface area contributed by atoms with Gasteiger partial charge in [0.25, 0.3) is 0 Å². The van der Waals surface area contributed by atoms with Crippen molar-refractivity contribution in [2.45, 2.75) is 38.6 Å². The molecule has 1 aromatic heterocycles. The van der Waals surface area contributed by atoms with Gasteiger partial charge in [-0.15, -0.1) is 11.3 Å². The Morgan fingerprint density at radius 3 is 2.76 bits per heavy atom. The zero-order chi connectivity index (χ0) is 14.7. The van der Waals surface area contributed by atoms with Crippen LogP contribution in [0.25, 0.3) is 0 Å². The summed E-state index contributed by atoms with van der Waals surface area (Å²) in [5.41, 5.74) is 1.78. The van der Waals surface area contributed by atoms with Crippen molar-refractivity contribution in [1.82, 2.24) is 10.2 Å². The van der Waals surface area contributed by atoms with Crippen LogP contribution in [0.2, 0.25) is 0 Å². The molecule has 0 unspecified atom stereocenters. The molecule has 0 spiro atoms.